The van der Waals surface area contributed by atoms with Crippen LogP contribution in [0.25, 0.3) is 11.5 Å². The second kappa shape index (κ2) is 8.30. The minimum Gasteiger partial charge on any atom is -0.449 e. The van der Waals surface area contributed by atoms with Gasteiger partial charge in [0.15, 0.2) is 6.10 Å². The Morgan fingerprint density at radius 2 is 1.81 bits per heavy atom. The number of hydrogen-bond acceptors (Lipinski definition) is 6. The summed E-state index contributed by atoms with van der Waals surface area (Å²) in [6, 6.07) is 13.6. The molecule has 0 aliphatic carbocycles. The summed E-state index contributed by atoms with van der Waals surface area (Å²) in [5.74, 6) is -2.94. The molecule has 0 fully saturated rings. The van der Waals surface area contributed by atoms with E-state index < -0.39 is 17.8 Å². The van der Waals surface area contributed by atoms with Gasteiger partial charge in [0.2, 0.25) is 5.89 Å². The van der Waals surface area contributed by atoms with Gasteiger partial charge >= 0.3 is 5.97 Å². The van der Waals surface area contributed by atoms with Crippen LogP contribution in [-0.4, -0.2) is 21.9 Å². The van der Waals surface area contributed by atoms with Crippen LogP contribution in [0.5, 0.6) is 0 Å². The van der Waals surface area contributed by atoms with Crippen LogP contribution in [-0.2, 0) is 4.74 Å². The molecule has 0 N–H and O–H groups in total. The highest BCUT2D eigenvalue weighted by Gasteiger charge is 2.22. The van der Waals surface area contributed by atoms with Gasteiger partial charge in [-0.1, -0.05) is 41.6 Å². The van der Waals surface area contributed by atoms with Crippen molar-refractivity contribution in [3.05, 3.63) is 65.5 Å². The Labute approximate surface area is 158 Å². The Morgan fingerprint density at radius 1 is 1.11 bits per heavy atom. The first-order valence-corrected chi connectivity index (χ1v) is 8.97. The summed E-state index contributed by atoms with van der Waals surface area (Å²) in [5.41, 5.74) is 1.91. The third-order valence-electron chi connectivity index (χ3n) is 3.69. The number of halogens is 2. The third kappa shape index (κ3) is 4.71. The van der Waals surface area contributed by atoms with Crippen molar-refractivity contribution < 1.29 is 22.7 Å². The van der Waals surface area contributed by atoms with E-state index in [0.717, 1.165) is 11.1 Å². The van der Waals surface area contributed by atoms with Crippen LogP contribution in [0, 0.1) is 6.92 Å². The molecule has 1 heterocycles. The lowest BCUT2D eigenvalue weighted by Crippen LogP contribution is -2.10. The maximum atomic E-state index is 12.7. The van der Waals surface area contributed by atoms with Crippen LogP contribution in [0.4, 0.5) is 8.78 Å². The van der Waals surface area contributed by atoms with Gasteiger partial charge in [-0.05, 0) is 38.1 Å². The molecule has 0 spiro atoms. The molecule has 0 aliphatic heterocycles. The molecule has 140 valence electrons. The van der Waals surface area contributed by atoms with Gasteiger partial charge in [-0.25, -0.2) is 4.79 Å². The standard InChI is InChI=1S/C19H16F2N2O3S/c1-11-7-9-13(10-8-11)17-23-22-16(26-17)12(2)25-18(24)14-5-3-4-6-15(14)27-19(20)21/h3-10,12,19H,1-2H3. The summed E-state index contributed by atoms with van der Waals surface area (Å²) < 4.78 is 36.2. The number of aryl methyl sites for hydroxylation is 1. The lowest BCUT2D eigenvalue weighted by atomic mass is 10.1. The highest BCUT2D eigenvalue weighted by atomic mass is 32.2. The van der Waals surface area contributed by atoms with Crippen molar-refractivity contribution in [2.75, 3.05) is 0 Å². The average Bonchev–Trinajstić information content (AvgIpc) is 3.12. The average molecular weight is 390 g/mol. The SMILES string of the molecule is Cc1ccc(-c2nnc(C(C)OC(=O)c3ccccc3SC(F)F)o2)cc1. The van der Waals surface area contributed by atoms with Gasteiger partial charge < -0.3 is 9.15 Å². The van der Waals surface area contributed by atoms with Gasteiger partial charge in [0, 0.05) is 10.5 Å². The van der Waals surface area contributed by atoms with Crippen LogP contribution >= 0.6 is 11.8 Å². The van der Waals surface area contributed by atoms with Gasteiger partial charge in [0.1, 0.15) is 0 Å². The number of esters is 1. The van der Waals surface area contributed by atoms with E-state index in [-0.39, 0.29) is 16.3 Å². The van der Waals surface area contributed by atoms with Crippen molar-refractivity contribution in [3.63, 3.8) is 0 Å². The predicted octanol–water partition coefficient (Wildman–Crippen LogP) is 5.28. The number of hydrogen-bond donors (Lipinski definition) is 0. The normalized spacial score (nSPS) is 12.2. The van der Waals surface area contributed by atoms with Gasteiger partial charge in [-0.2, -0.15) is 8.78 Å². The zero-order valence-corrected chi connectivity index (χ0v) is 15.4. The van der Waals surface area contributed by atoms with E-state index in [4.69, 9.17) is 9.15 Å². The Kier molecular flexibility index (Phi) is 5.85. The first kappa shape index (κ1) is 19.0. The smallest absolute Gasteiger partial charge is 0.340 e. The molecule has 0 radical (unpaired) electrons. The molecule has 0 aliphatic rings. The summed E-state index contributed by atoms with van der Waals surface area (Å²) in [5, 5.41) is 7.88. The highest BCUT2D eigenvalue weighted by Crippen LogP contribution is 2.30. The van der Waals surface area contributed by atoms with Crippen LogP contribution in [0.15, 0.2) is 57.8 Å². The zero-order chi connectivity index (χ0) is 19.4. The second-order valence-electron chi connectivity index (χ2n) is 5.73. The Hall–Kier alpha value is -2.74. The summed E-state index contributed by atoms with van der Waals surface area (Å²) >= 11 is 0.293. The first-order valence-electron chi connectivity index (χ1n) is 8.09. The summed E-state index contributed by atoms with van der Waals surface area (Å²) in [6.07, 6.45) is -0.825. The number of nitrogens with zero attached hydrogens (tertiary/aromatic N) is 2. The lowest BCUT2D eigenvalue weighted by molar-refractivity contribution is 0.0276. The van der Waals surface area contributed by atoms with Crippen LogP contribution in [0.2, 0.25) is 0 Å². The Morgan fingerprint density at radius 3 is 2.52 bits per heavy atom. The van der Waals surface area contributed by atoms with E-state index in [1.54, 1.807) is 19.1 Å². The highest BCUT2D eigenvalue weighted by molar-refractivity contribution is 7.99. The van der Waals surface area contributed by atoms with Gasteiger partial charge in [-0.3, -0.25) is 0 Å². The fourth-order valence-corrected chi connectivity index (χ4v) is 2.95. The molecule has 0 bridgehead atoms. The molecule has 3 rings (SSSR count). The molecule has 8 heteroatoms. The van der Waals surface area contributed by atoms with E-state index in [9.17, 15) is 13.6 Å². The molecule has 0 saturated heterocycles. The quantitative estimate of drug-likeness (QED) is 0.422. The number of thioether (sulfide) groups is 1. The van der Waals surface area contributed by atoms with Crippen molar-refractivity contribution in [3.8, 4) is 11.5 Å². The van der Waals surface area contributed by atoms with Crippen molar-refractivity contribution >= 4 is 17.7 Å². The number of carbonyl (C=O) groups is 1. The van der Waals surface area contributed by atoms with E-state index in [0.29, 0.717) is 17.7 Å². The Bertz CT molecular complexity index is 929. The molecule has 2 aromatic carbocycles. The topological polar surface area (TPSA) is 65.2 Å². The molecular weight excluding hydrogens is 374 g/mol. The van der Waals surface area contributed by atoms with Crippen molar-refractivity contribution in [1.29, 1.82) is 0 Å². The number of carbonyl (C=O) groups excluding carboxylic acids is 1. The Balaban J connectivity index is 1.73. The molecular formula is C19H16F2N2O3S. The number of aromatic nitrogens is 2. The van der Waals surface area contributed by atoms with E-state index in [2.05, 4.69) is 10.2 Å². The van der Waals surface area contributed by atoms with Crippen molar-refractivity contribution in [2.24, 2.45) is 0 Å². The number of benzene rings is 2. The van der Waals surface area contributed by atoms with Crippen LogP contribution < -0.4 is 0 Å². The first-order chi connectivity index (χ1) is 12.9. The molecule has 5 nitrogen and oxygen atoms in total. The summed E-state index contributed by atoms with van der Waals surface area (Å²) in [7, 11) is 0. The monoisotopic (exact) mass is 390 g/mol. The second-order valence-corrected chi connectivity index (χ2v) is 6.77. The van der Waals surface area contributed by atoms with Crippen molar-refractivity contribution in [1.82, 2.24) is 10.2 Å². The summed E-state index contributed by atoms with van der Waals surface area (Å²) in [4.78, 5) is 12.5. The van der Waals surface area contributed by atoms with E-state index in [1.165, 1.54) is 12.1 Å². The van der Waals surface area contributed by atoms with Crippen LogP contribution in [0.3, 0.4) is 0 Å². The fourth-order valence-electron chi connectivity index (χ4n) is 2.32. The molecule has 3 aromatic rings. The summed E-state index contributed by atoms with van der Waals surface area (Å²) in [6.45, 7) is 3.54. The molecule has 0 saturated carbocycles. The molecule has 27 heavy (non-hydrogen) atoms. The minimum absolute atomic E-state index is 0.0629. The molecule has 1 aromatic heterocycles. The zero-order valence-electron chi connectivity index (χ0n) is 14.6. The molecule has 1 atom stereocenters. The number of rotatable bonds is 6. The largest absolute Gasteiger partial charge is 0.449 e. The number of alkyl halides is 2. The minimum atomic E-state index is -2.63. The molecule has 1 unspecified atom stereocenters. The third-order valence-corrected chi connectivity index (χ3v) is 4.48. The predicted molar refractivity (Wildman–Crippen MR) is 96.6 cm³/mol. The van der Waals surface area contributed by atoms with E-state index >= 15 is 0 Å². The van der Waals surface area contributed by atoms with E-state index in [1.807, 2.05) is 31.2 Å². The van der Waals surface area contributed by atoms with Gasteiger partial charge in [0.05, 0.1) is 5.56 Å². The van der Waals surface area contributed by atoms with Gasteiger partial charge in [0.25, 0.3) is 11.6 Å². The number of ether oxygens (including phenoxy) is 1. The van der Waals surface area contributed by atoms with Gasteiger partial charge in [-0.15, -0.1) is 10.2 Å². The van der Waals surface area contributed by atoms with Crippen LogP contribution in [0.1, 0.15) is 34.8 Å². The maximum absolute atomic E-state index is 12.7. The fraction of sp³-hybridized carbons (Fsp3) is 0.211. The molecule has 0 amide bonds. The maximum Gasteiger partial charge on any atom is 0.340 e. The van der Waals surface area contributed by atoms with Crippen molar-refractivity contribution in [2.45, 2.75) is 30.6 Å². The lowest BCUT2D eigenvalue weighted by Gasteiger charge is -2.12.